The van der Waals surface area contributed by atoms with Crippen molar-refractivity contribution in [3.8, 4) is 0 Å². The van der Waals surface area contributed by atoms with Gasteiger partial charge in [-0.3, -0.25) is 4.90 Å². The second kappa shape index (κ2) is 5.75. The third-order valence-electron chi connectivity index (χ3n) is 4.35. The van der Waals surface area contributed by atoms with Gasteiger partial charge in [-0.15, -0.1) is 10.2 Å². The summed E-state index contributed by atoms with van der Waals surface area (Å²) in [5.41, 5.74) is 1.72. The van der Waals surface area contributed by atoms with Crippen LogP contribution >= 0.6 is 0 Å². The molecule has 1 aliphatic heterocycles. The third kappa shape index (κ3) is 2.62. The largest absolute Gasteiger partial charge is 0.439 e. The smallest absolute Gasteiger partial charge is 0.212 e. The maximum atomic E-state index is 5.91. The molecule has 0 saturated carbocycles. The number of morpholine rings is 1. The number of fused-ring (bicyclic) bond motifs is 1. The number of para-hydroxylation sites is 2. The molecule has 23 heavy (non-hydrogen) atoms. The summed E-state index contributed by atoms with van der Waals surface area (Å²) in [6.45, 7) is 4.35. The molecule has 1 aliphatic rings. The molecule has 1 aromatic carbocycles. The Morgan fingerprint density at radius 1 is 1.30 bits per heavy atom. The fourth-order valence-corrected chi connectivity index (χ4v) is 2.99. The SMILES string of the molecule is C[C@H](c1nc2ccccc2o1)N1CCO[C@@H](c2nncn2C)C1. The van der Waals surface area contributed by atoms with Crippen molar-refractivity contribution in [3.63, 3.8) is 0 Å². The van der Waals surface area contributed by atoms with Crippen molar-refractivity contribution >= 4 is 11.1 Å². The minimum Gasteiger partial charge on any atom is -0.439 e. The van der Waals surface area contributed by atoms with Crippen molar-refractivity contribution in [1.29, 1.82) is 0 Å². The van der Waals surface area contributed by atoms with E-state index in [9.17, 15) is 0 Å². The number of benzene rings is 1. The predicted octanol–water partition coefficient (Wildman–Crippen LogP) is 2.09. The first-order valence-electron chi connectivity index (χ1n) is 7.77. The highest BCUT2D eigenvalue weighted by Crippen LogP contribution is 2.29. The molecule has 0 unspecified atom stereocenters. The van der Waals surface area contributed by atoms with E-state index in [-0.39, 0.29) is 12.1 Å². The van der Waals surface area contributed by atoms with Gasteiger partial charge in [0.1, 0.15) is 17.9 Å². The normalized spacial score (nSPS) is 20.9. The van der Waals surface area contributed by atoms with Crippen molar-refractivity contribution in [1.82, 2.24) is 24.6 Å². The van der Waals surface area contributed by atoms with Gasteiger partial charge < -0.3 is 13.7 Å². The zero-order valence-corrected chi connectivity index (χ0v) is 13.2. The molecule has 0 radical (unpaired) electrons. The zero-order valence-electron chi connectivity index (χ0n) is 13.2. The highest BCUT2D eigenvalue weighted by atomic mass is 16.5. The molecule has 1 fully saturated rings. The summed E-state index contributed by atoms with van der Waals surface area (Å²) in [7, 11) is 1.93. The van der Waals surface area contributed by atoms with Gasteiger partial charge in [-0.05, 0) is 19.1 Å². The second-order valence-corrected chi connectivity index (χ2v) is 5.85. The van der Waals surface area contributed by atoms with E-state index in [0.29, 0.717) is 6.61 Å². The maximum absolute atomic E-state index is 5.91. The molecule has 0 spiro atoms. The van der Waals surface area contributed by atoms with Crippen molar-refractivity contribution in [3.05, 3.63) is 42.3 Å². The van der Waals surface area contributed by atoms with E-state index >= 15 is 0 Å². The molecular formula is C16H19N5O2. The predicted molar refractivity (Wildman–Crippen MR) is 83.7 cm³/mol. The van der Waals surface area contributed by atoms with Crippen molar-refractivity contribution in [2.45, 2.75) is 19.1 Å². The van der Waals surface area contributed by atoms with Crippen molar-refractivity contribution < 1.29 is 9.15 Å². The van der Waals surface area contributed by atoms with Crippen LogP contribution in [0.25, 0.3) is 11.1 Å². The Balaban J connectivity index is 1.55. The number of oxazole rings is 1. The highest BCUT2D eigenvalue weighted by molar-refractivity contribution is 5.72. The lowest BCUT2D eigenvalue weighted by atomic mass is 10.2. The lowest BCUT2D eigenvalue weighted by molar-refractivity contribution is -0.0513. The van der Waals surface area contributed by atoms with Crippen molar-refractivity contribution in [2.24, 2.45) is 7.05 Å². The number of ether oxygens (including phenoxy) is 1. The van der Waals surface area contributed by atoms with Gasteiger partial charge in [0.05, 0.1) is 12.6 Å². The van der Waals surface area contributed by atoms with Gasteiger partial charge in [0.2, 0.25) is 5.89 Å². The van der Waals surface area contributed by atoms with E-state index in [4.69, 9.17) is 9.15 Å². The first kappa shape index (κ1) is 14.3. The Bertz CT molecular complexity index is 779. The molecule has 0 N–H and O–H groups in total. The summed E-state index contributed by atoms with van der Waals surface area (Å²) >= 11 is 0. The van der Waals surface area contributed by atoms with Crippen LogP contribution in [0.3, 0.4) is 0 Å². The van der Waals surface area contributed by atoms with E-state index in [2.05, 4.69) is 27.0 Å². The topological polar surface area (TPSA) is 69.2 Å². The molecule has 7 heteroatoms. The first-order chi connectivity index (χ1) is 11.2. The molecule has 3 aromatic rings. The molecule has 4 rings (SSSR count). The number of aryl methyl sites for hydroxylation is 1. The molecule has 0 bridgehead atoms. The Hall–Kier alpha value is -2.25. The van der Waals surface area contributed by atoms with Crippen LogP contribution in [0, 0.1) is 0 Å². The fourth-order valence-electron chi connectivity index (χ4n) is 2.99. The first-order valence-corrected chi connectivity index (χ1v) is 7.77. The summed E-state index contributed by atoms with van der Waals surface area (Å²) in [4.78, 5) is 6.92. The van der Waals surface area contributed by atoms with E-state index in [1.165, 1.54) is 0 Å². The Morgan fingerprint density at radius 2 is 2.17 bits per heavy atom. The average molecular weight is 313 g/mol. The third-order valence-corrected chi connectivity index (χ3v) is 4.35. The molecule has 2 atom stereocenters. The Morgan fingerprint density at radius 3 is 2.96 bits per heavy atom. The van der Waals surface area contributed by atoms with Crippen LogP contribution in [0.2, 0.25) is 0 Å². The zero-order chi connectivity index (χ0) is 15.8. The van der Waals surface area contributed by atoms with Gasteiger partial charge in [-0.25, -0.2) is 4.98 Å². The minimum atomic E-state index is -0.0805. The van der Waals surface area contributed by atoms with Crippen LogP contribution in [0.5, 0.6) is 0 Å². The molecule has 120 valence electrons. The van der Waals surface area contributed by atoms with Crippen LogP contribution < -0.4 is 0 Å². The number of rotatable bonds is 3. The summed E-state index contributed by atoms with van der Waals surface area (Å²) < 4.78 is 13.7. The summed E-state index contributed by atoms with van der Waals surface area (Å²) in [5.74, 6) is 1.59. The standard InChI is InChI=1S/C16H19N5O2/c1-11(16-18-12-5-3-4-6-13(12)23-16)21-7-8-22-14(9-21)15-19-17-10-20(15)2/h3-6,10-11,14H,7-9H2,1-2H3/t11-,14-/m1/s1. The van der Waals surface area contributed by atoms with Gasteiger partial charge in [0.15, 0.2) is 11.4 Å². The van der Waals surface area contributed by atoms with Crippen molar-refractivity contribution in [2.75, 3.05) is 19.7 Å². The molecule has 3 heterocycles. The number of hydrogen-bond acceptors (Lipinski definition) is 6. The van der Waals surface area contributed by atoms with Crippen LogP contribution in [0.15, 0.2) is 35.0 Å². The Kier molecular flexibility index (Phi) is 3.59. The quantitative estimate of drug-likeness (QED) is 0.737. The maximum Gasteiger partial charge on any atom is 0.212 e. The van der Waals surface area contributed by atoms with Crippen LogP contribution in [0.4, 0.5) is 0 Å². The fraction of sp³-hybridized carbons (Fsp3) is 0.438. The van der Waals surface area contributed by atoms with Crippen LogP contribution in [0.1, 0.15) is 30.8 Å². The Labute approximate surface area is 133 Å². The molecular weight excluding hydrogens is 294 g/mol. The molecule has 0 aliphatic carbocycles. The average Bonchev–Trinajstić information content (AvgIpc) is 3.20. The van der Waals surface area contributed by atoms with Gasteiger partial charge in [0.25, 0.3) is 0 Å². The van der Waals surface area contributed by atoms with Crippen LogP contribution in [-0.4, -0.2) is 44.3 Å². The minimum absolute atomic E-state index is 0.0805. The lowest BCUT2D eigenvalue weighted by Crippen LogP contribution is -2.40. The van der Waals surface area contributed by atoms with E-state index < -0.39 is 0 Å². The molecule has 2 aromatic heterocycles. The molecule has 0 amide bonds. The van der Waals surface area contributed by atoms with Gasteiger partial charge in [-0.2, -0.15) is 0 Å². The molecule has 1 saturated heterocycles. The van der Waals surface area contributed by atoms with E-state index in [0.717, 1.165) is 35.9 Å². The van der Waals surface area contributed by atoms with E-state index in [1.807, 2.05) is 35.9 Å². The summed E-state index contributed by atoms with van der Waals surface area (Å²) in [5, 5.41) is 8.10. The van der Waals surface area contributed by atoms with Gasteiger partial charge in [-0.1, -0.05) is 12.1 Å². The molecule has 7 nitrogen and oxygen atoms in total. The van der Waals surface area contributed by atoms with Gasteiger partial charge in [0, 0.05) is 20.1 Å². The van der Waals surface area contributed by atoms with Crippen LogP contribution in [-0.2, 0) is 11.8 Å². The number of nitrogens with zero attached hydrogens (tertiary/aromatic N) is 5. The number of hydrogen-bond donors (Lipinski definition) is 0. The van der Waals surface area contributed by atoms with E-state index in [1.54, 1.807) is 6.33 Å². The number of aromatic nitrogens is 4. The summed E-state index contributed by atoms with van der Waals surface area (Å²) in [6, 6.07) is 7.93. The monoisotopic (exact) mass is 313 g/mol. The van der Waals surface area contributed by atoms with Gasteiger partial charge >= 0.3 is 0 Å². The highest BCUT2D eigenvalue weighted by Gasteiger charge is 2.30. The lowest BCUT2D eigenvalue weighted by Gasteiger charge is -2.34. The second-order valence-electron chi connectivity index (χ2n) is 5.85. The summed E-state index contributed by atoms with van der Waals surface area (Å²) in [6.07, 6.45) is 1.62.